The lowest BCUT2D eigenvalue weighted by atomic mass is 9.90. The Labute approximate surface area is 85.8 Å². The van der Waals surface area contributed by atoms with Gasteiger partial charge >= 0.3 is 0 Å². The van der Waals surface area contributed by atoms with Crippen LogP contribution < -0.4 is 5.73 Å². The molecule has 1 rings (SSSR count). The van der Waals surface area contributed by atoms with Gasteiger partial charge in [-0.2, -0.15) is 0 Å². The van der Waals surface area contributed by atoms with Crippen LogP contribution in [0.15, 0.2) is 18.2 Å². The predicted molar refractivity (Wildman–Crippen MR) is 59.4 cm³/mol. The fourth-order valence-electron chi connectivity index (χ4n) is 1.55. The van der Waals surface area contributed by atoms with Crippen LogP contribution >= 0.6 is 0 Å². The zero-order chi connectivity index (χ0) is 10.9. The molecule has 0 saturated heterocycles. The highest BCUT2D eigenvalue weighted by atomic mass is 16.3. The minimum atomic E-state index is -0.491. The maximum Gasteiger partial charge on any atom is 0.124 e. The molecule has 0 aliphatic carbocycles. The van der Waals surface area contributed by atoms with E-state index in [1.54, 1.807) is 0 Å². The van der Waals surface area contributed by atoms with Crippen molar-refractivity contribution >= 4 is 0 Å². The maximum atomic E-state index is 10.0. The molecule has 0 radical (unpaired) electrons. The number of nitrogens with two attached hydrogens (primary N) is 1. The molecule has 2 heteroatoms. The van der Waals surface area contributed by atoms with Gasteiger partial charge in [0, 0.05) is 11.1 Å². The monoisotopic (exact) mass is 193 g/mol. The number of benzene rings is 1. The summed E-state index contributed by atoms with van der Waals surface area (Å²) in [4.78, 5) is 0. The van der Waals surface area contributed by atoms with Crippen LogP contribution in [0.4, 0.5) is 0 Å². The van der Waals surface area contributed by atoms with Crippen molar-refractivity contribution in [2.24, 2.45) is 5.73 Å². The Kier molecular flexibility index (Phi) is 2.86. The molecule has 0 aliphatic heterocycles. The number of aromatic hydroxyl groups is 1. The van der Waals surface area contributed by atoms with Gasteiger partial charge in [0.05, 0.1) is 0 Å². The number of rotatable bonds is 2. The third-order valence-corrected chi connectivity index (χ3v) is 2.38. The minimum absolute atomic E-state index is 0.317. The molecule has 0 aliphatic rings. The zero-order valence-corrected chi connectivity index (χ0v) is 9.33. The molecule has 0 heterocycles. The van der Waals surface area contributed by atoms with E-state index in [1.165, 1.54) is 0 Å². The summed E-state index contributed by atoms with van der Waals surface area (Å²) in [5.41, 5.74) is 7.24. The molecular weight excluding hydrogens is 174 g/mol. The zero-order valence-electron chi connectivity index (χ0n) is 9.33. The summed E-state index contributed by atoms with van der Waals surface area (Å²) in [6, 6.07) is 5.76. The van der Waals surface area contributed by atoms with Crippen LogP contribution in [0.25, 0.3) is 0 Å². The van der Waals surface area contributed by atoms with Gasteiger partial charge in [0.15, 0.2) is 0 Å². The van der Waals surface area contributed by atoms with E-state index in [4.69, 9.17) is 5.73 Å². The number of phenols is 1. The second kappa shape index (κ2) is 3.62. The van der Waals surface area contributed by atoms with Crippen molar-refractivity contribution in [3.8, 4) is 5.75 Å². The Balaban J connectivity index is 3.28. The van der Waals surface area contributed by atoms with Gasteiger partial charge in [-0.05, 0) is 25.3 Å². The Morgan fingerprint density at radius 1 is 1.29 bits per heavy atom. The molecule has 0 amide bonds. The van der Waals surface area contributed by atoms with Gasteiger partial charge in [-0.3, -0.25) is 0 Å². The van der Waals surface area contributed by atoms with E-state index in [0.717, 1.165) is 11.1 Å². The third kappa shape index (κ3) is 2.07. The van der Waals surface area contributed by atoms with Crippen molar-refractivity contribution < 1.29 is 5.11 Å². The van der Waals surface area contributed by atoms with Crippen LogP contribution in [0.3, 0.4) is 0 Å². The third-order valence-electron chi connectivity index (χ3n) is 2.38. The van der Waals surface area contributed by atoms with E-state index in [9.17, 15) is 5.11 Å². The minimum Gasteiger partial charge on any atom is -0.507 e. The van der Waals surface area contributed by atoms with Crippen molar-refractivity contribution in [1.29, 1.82) is 0 Å². The Bertz CT molecular complexity index is 324. The molecular formula is C12H19NO. The maximum absolute atomic E-state index is 10.0. The van der Waals surface area contributed by atoms with Crippen LogP contribution in [0.5, 0.6) is 5.75 Å². The first kappa shape index (κ1) is 11.1. The van der Waals surface area contributed by atoms with Crippen molar-refractivity contribution in [2.45, 2.75) is 39.2 Å². The molecule has 0 bridgehead atoms. The summed E-state index contributed by atoms with van der Waals surface area (Å²) in [7, 11) is 0. The number of para-hydroxylation sites is 1. The Morgan fingerprint density at radius 2 is 1.86 bits per heavy atom. The van der Waals surface area contributed by atoms with Crippen LogP contribution in [0.2, 0.25) is 0 Å². The molecule has 0 spiro atoms. The highest BCUT2D eigenvalue weighted by Crippen LogP contribution is 2.33. The van der Waals surface area contributed by atoms with Gasteiger partial charge in [-0.15, -0.1) is 0 Å². The van der Waals surface area contributed by atoms with Gasteiger partial charge in [-0.25, -0.2) is 0 Å². The second-order valence-corrected chi connectivity index (χ2v) is 4.62. The highest BCUT2D eigenvalue weighted by Gasteiger charge is 2.20. The molecule has 2 nitrogen and oxygen atoms in total. The topological polar surface area (TPSA) is 46.2 Å². The van der Waals surface area contributed by atoms with Gasteiger partial charge in [0.25, 0.3) is 0 Å². The Morgan fingerprint density at radius 3 is 2.29 bits per heavy atom. The molecule has 1 aromatic carbocycles. The quantitative estimate of drug-likeness (QED) is 0.758. The standard InChI is InChI=1S/C12H19NO/c1-8(2)9-6-5-7-10(11(9)14)12(3,4)13/h5-8,14H,13H2,1-4H3. The van der Waals surface area contributed by atoms with Crippen molar-refractivity contribution in [3.05, 3.63) is 29.3 Å². The fourth-order valence-corrected chi connectivity index (χ4v) is 1.55. The molecule has 0 aromatic heterocycles. The molecule has 0 saturated carbocycles. The first-order valence-electron chi connectivity index (χ1n) is 4.95. The normalized spacial score (nSPS) is 12.1. The smallest absolute Gasteiger partial charge is 0.124 e. The fraction of sp³-hybridized carbons (Fsp3) is 0.500. The first-order valence-corrected chi connectivity index (χ1v) is 4.95. The summed E-state index contributed by atoms with van der Waals surface area (Å²) >= 11 is 0. The second-order valence-electron chi connectivity index (χ2n) is 4.62. The molecule has 0 unspecified atom stereocenters. The van der Waals surface area contributed by atoms with Crippen LogP contribution in [0, 0.1) is 0 Å². The average molecular weight is 193 g/mol. The van der Waals surface area contributed by atoms with Gasteiger partial charge in [0.1, 0.15) is 5.75 Å². The summed E-state index contributed by atoms with van der Waals surface area (Å²) < 4.78 is 0. The largest absolute Gasteiger partial charge is 0.507 e. The highest BCUT2D eigenvalue weighted by molar-refractivity contribution is 5.45. The predicted octanol–water partition coefficient (Wildman–Crippen LogP) is 2.71. The van der Waals surface area contributed by atoms with E-state index >= 15 is 0 Å². The van der Waals surface area contributed by atoms with E-state index in [2.05, 4.69) is 13.8 Å². The number of phenolic OH excluding ortho intramolecular Hbond substituents is 1. The van der Waals surface area contributed by atoms with Gasteiger partial charge in [-0.1, -0.05) is 32.0 Å². The number of hydrogen-bond acceptors (Lipinski definition) is 2. The van der Waals surface area contributed by atoms with Gasteiger partial charge < -0.3 is 10.8 Å². The van der Waals surface area contributed by atoms with E-state index < -0.39 is 5.54 Å². The van der Waals surface area contributed by atoms with E-state index in [-0.39, 0.29) is 0 Å². The van der Waals surface area contributed by atoms with Crippen LogP contribution in [-0.4, -0.2) is 5.11 Å². The summed E-state index contributed by atoms with van der Waals surface area (Å²) in [6.07, 6.45) is 0. The lowest BCUT2D eigenvalue weighted by Gasteiger charge is -2.22. The Hall–Kier alpha value is -1.02. The van der Waals surface area contributed by atoms with Crippen LogP contribution in [0.1, 0.15) is 44.7 Å². The number of hydrogen-bond donors (Lipinski definition) is 2. The SMILES string of the molecule is CC(C)c1cccc(C(C)(C)N)c1O. The lowest BCUT2D eigenvalue weighted by molar-refractivity contribution is 0.432. The van der Waals surface area contributed by atoms with Crippen molar-refractivity contribution in [2.75, 3.05) is 0 Å². The molecule has 1 aromatic rings. The summed E-state index contributed by atoms with van der Waals surface area (Å²) in [5, 5.41) is 10.0. The molecule has 0 atom stereocenters. The molecule has 0 fully saturated rings. The lowest BCUT2D eigenvalue weighted by Crippen LogP contribution is -2.28. The van der Waals surface area contributed by atoms with Gasteiger partial charge in [0.2, 0.25) is 0 Å². The van der Waals surface area contributed by atoms with E-state index in [0.29, 0.717) is 11.7 Å². The van der Waals surface area contributed by atoms with Crippen molar-refractivity contribution in [1.82, 2.24) is 0 Å². The average Bonchev–Trinajstić information content (AvgIpc) is 2.01. The summed E-state index contributed by atoms with van der Waals surface area (Å²) in [6.45, 7) is 7.91. The van der Waals surface area contributed by atoms with E-state index in [1.807, 2.05) is 32.0 Å². The molecule has 78 valence electrons. The molecule has 3 N–H and O–H groups in total. The first-order chi connectivity index (χ1) is 6.34. The summed E-state index contributed by atoms with van der Waals surface area (Å²) in [5.74, 6) is 0.660. The van der Waals surface area contributed by atoms with Crippen molar-refractivity contribution in [3.63, 3.8) is 0 Å². The van der Waals surface area contributed by atoms with Crippen LogP contribution in [-0.2, 0) is 5.54 Å². The molecule has 14 heavy (non-hydrogen) atoms.